The Labute approximate surface area is 85.1 Å². The minimum Gasteiger partial charge on any atom is -0.359 e. The summed E-state index contributed by atoms with van der Waals surface area (Å²) in [6.07, 6.45) is 3.29. The number of carbonyl (C=O) groups excluding carboxylic acids is 1. The molecule has 0 bridgehead atoms. The molecule has 0 saturated carbocycles. The highest BCUT2D eigenvalue weighted by molar-refractivity contribution is 5.91. The molecule has 0 N–H and O–H groups in total. The third kappa shape index (κ3) is 2.93. The fourth-order valence-corrected chi connectivity index (χ4v) is 1.53. The van der Waals surface area contributed by atoms with Crippen LogP contribution in [0, 0.1) is 5.41 Å². The lowest BCUT2D eigenvalue weighted by atomic mass is 9.76. The molecular formula is C11H18O3. The monoisotopic (exact) mass is 198 g/mol. The van der Waals surface area contributed by atoms with E-state index in [2.05, 4.69) is 13.8 Å². The molecule has 0 amide bonds. The summed E-state index contributed by atoms with van der Waals surface area (Å²) in [5.74, 6) is 0.209. The van der Waals surface area contributed by atoms with Gasteiger partial charge in [-0.1, -0.05) is 13.8 Å². The number of ether oxygens (including phenoxy) is 2. The van der Waals surface area contributed by atoms with Gasteiger partial charge in [0.1, 0.15) is 6.79 Å². The van der Waals surface area contributed by atoms with Crippen molar-refractivity contribution < 1.29 is 14.3 Å². The SMILES string of the molecule is COCOCC1=CC(=O)CCC1(C)C. The van der Waals surface area contributed by atoms with Gasteiger partial charge in [-0.15, -0.1) is 0 Å². The Morgan fingerprint density at radius 2 is 2.21 bits per heavy atom. The molecule has 0 aromatic heterocycles. The molecular weight excluding hydrogens is 180 g/mol. The quantitative estimate of drug-likeness (QED) is 0.511. The van der Waals surface area contributed by atoms with Crippen LogP contribution in [-0.2, 0) is 14.3 Å². The van der Waals surface area contributed by atoms with Gasteiger partial charge in [0.2, 0.25) is 0 Å². The summed E-state index contributed by atoms with van der Waals surface area (Å²) in [5.41, 5.74) is 1.16. The Morgan fingerprint density at radius 1 is 1.50 bits per heavy atom. The number of rotatable bonds is 4. The van der Waals surface area contributed by atoms with Crippen molar-refractivity contribution in [1.82, 2.24) is 0 Å². The standard InChI is InChI=1S/C11H18O3/c1-11(2)5-4-10(12)6-9(11)7-14-8-13-3/h6H,4-5,7-8H2,1-3H3. The van der Waals surface area contributed by atoms with E-state index in [0.717, 1.165) is 12.0 Å². The summed E-state index contributed by atoms with van der Waals surface area (Å²) < 4.78 is 10.1. The molecule has 0 unspecified atom stereocenters. The minimum absolute atomic E-state index is 0.0850. The minimum atomic E-state index is 0.0850. The molecule has 0 heterocycles. The number of hydrogen-bond donors (Lipinski definition) is 0. The topological polar surface area (TPSA) is 35.5 Å². The van der Waals surface area contributed by atoms with Crippen molar-refractivity contribution in [2.45, 2.75) is 26.7 Å². The maximum absolute atomic E-state index is 11.2. The highest BCUT2D eigenvalue weighted by Crippen LogP contribution is 2.35. The molecule has 0 spiro atoms. The van der Waals surface area contributed by atoms with Gasteiger partial charge in [-0.25, -0.2) is 0 Å². The first kappa shape index (κ1) is 11.4. The van der Waals surface area contributed by atoms with Crippen molar-refractivity contribution in [1.29, 1.82) is 0 Å². The zero-order chi connectivity index (χ0) is 10.6. The van der Waals surface area contributed by atoms with E-state index < -0.39 is 0 Å². The smallest absolute Gasteiger partial charge is 0.155 e. The van der Waals surface area contributed by atoms with Crippen LogP contribution in [0.3, 0.4) is 0 Å². The molecule has 14 heavy (non-hydrogen) atoms. The third-order valence-corrected chi connectivity index (χ3v) is 2.66. The second kappa shape index (κ2) is 4.71. The molecule has 0 aliphatic heterocycles. The highest BCUT2D eigenvalue weighted by atomic mass is 16.7. The Balaban J connectivity index is 2.57. The molecule has 0 fully saturated rings. The second-order valence-corrected chi connectivity index (χ2v) is 4.27. The Morgan fingerprint density at radius 3 is 2.86 bits per heavy atom. The van der Waals surface area contributed by atoms with E-state index in [0.29, 0.717) is 13.0 Å². The predicted molar refractivity (Wildman–Crippen MR) is 53.9 cm³/mol. The number of allylic oxidation sites excluding steroid dienone is 1. The zero-order valence-corrected chi connectivity index (χ0v) is 9.13. The van der Waals surface area contributed by atoms with Crippen LogP contribution in [-0.4, -0.2) is 26.3 Å². The Bertz CT molecular complexity index is 241. The van der Waals surface area contributed by atoms with Crippen molar-refractivity contribution in [3.05, 3.63) is 11.6 Å². The third-order valence-electron chi connectivity index (χ3n) is 2.66. The van der Waals surface area contributed by atoms with Gasteiger partial charge >= 0.3 is 0 Å². The molecule has 0 aromatic rings. The maximum Gasteiger partial charge on any atom is 0.155 e. The molecule has 0 saturated heterocycles. The number of methoxy groups -OCH3 is 1. The van der Waals surface area contributed by atoms with Gasteiger partial charge in [-0.3, -0.25) is 4.79 Å². The van der Waals surface area contributed by atoms with E-state index in [1.54, 1.807) is 13.2 Å². The van der Waals surface area contributed by atoms with Crippen LogP contribution >= 0.6 is 0 Å². The van der Waals surface area contributed by atoms with Crippen molar-refractivity contribution in [2.24, 2.45) is 5.41 Å². The fourth-order valence-electron chi connectivity index (χ4n) is 1.53. The summed E-state index contributed by atoms with van der Waals surface area (Å²) in [6, 6.07) is 0. The Kier molecular flexibility index (Phi) is 3.84. The van der Waals surface area contributed by atoms with Gasteiger partial charge < -0.3 is 9.47 Å². The van der Waals surface area contributed by atoms with E-state index in [9.17, 15) is 4.79 Å². The fraction of sp³-hybridized carbons (Fsp3) is 0.727. The first-order chi connectivity index (χ1) is 6.56. The van der Waals surface area contributed by atoms with E-state index in [1.807, 2.05) is 0 Å². The molecule has 3 heteroatoms. The van der Waals surface area contributed by atoms with Gasteiger partial charge in [-0.2, -0.15) is 0 Å². The summed E-state index contributed by atoms with van der Waals surface area (Å²) in [5, 5.41) is 0. The van der Waals surface area contributed by atoms with Gasteiger partial charge in [0.15, 0.2) is 5.78 Å². The van der Waals surface area contributed by atoms with E-state index in [1.165, 1.54) is 0 Å². The van der Waals surface area contributed by atoms with Crippen LogP contribution in [0.1, 0.15) is 26.7 Å². The summed E-state index contributed by atoms with van der Waals surface area (Å²) in [6.45, 7) is 5.05. The van der Waals surface area contributed by atoms with Crippen LogP contribution in [0.4, 0.5) is 0 Å². The average molecular weight is 198 g/mol. The van der Waals surface area contributed by atoms with Gasteiger partial charge in [-0.05, 0) is 23.5 Å². The molecule has 1 aliphatic carbocycles. The lowest BCUT2D eigenvalue weighted by Crippen LogP contribution is -2.25. The molecule has 3 nitrogen and oxygen atoms in total. The largest absolute Gasteiger partial charge is 0.359 e. The van der Waals surface area contributed by atoms with Crippen LogP contribution in [0.2, 0.25) is 0 Å². The first-order valence-electron chi connectivity index (χ1n) is 4.87. The van der Waals surface area contributed by atoms with E-state index in [-0.39, 0.29) is 18.0 Å². The molecule has 0 aromatic carbocycles. The van der Waals surface area contributed by atoms with Crippen molar-refractivity contribution in [2.75, 3.05) is 20.5 Å². The summed E-state index contributed by atoms with van der Waals surface area (Å²) in [7, 11) is 1.59. The van der Waals surface area contributed by atoms with E-state index >= 15 is 0 Å². The first-order valence-corrected chi connectivity index (χ1v) is 4.87. The lowest BCUT2D eigenvalue weighted by Gasteiger charge is -2.30. The number of carbonyl (C=O) groups is 1. The predicted octanol–water partition coefficient (Wildman–Crippen LogP) is 1.92. The van der Waals surface area contributed by atoms with E-state index in [4.69, 9.17) is 9.47 Å². The molecule has 1 rings (SSSR count). The average Bonchev–Trinajstić information content (AvgIpc) is 2.12. The van der Waals surface area contributed by atoms with Gasteiger partial charge in [0, 0.05) is 13.5 Å². The Hall–Kier alpha value is -0.670. The van der Waals surface area contributed by atoms with Crippen molar-refractivity contribution in [3.63, 3.8) is 0 Å². The molecule has 0 atom stereocenters. The maximum atomic E-state index is 11.2. The molecule has 80 valence electrons. The van der Waals surface area contributed by atoms with Crippen LogP contribution in [0.25, 0.3) is 0 Å². The normalized spacial score (nSPS) is 20.8. The summed E-state index contributed by atoms with van der Waals surface area (Å²) >= 11 is 0. The number of ketones is 1. The molecule has 1 aliphatic rings. The van der Waals surface area contributed by atoms with Crippen molar-refractivity contribution in [3.8, 4) is 0 Å². The summed E-state index contributed by atoms with van der Waals surface area (Å²) in [4.78, 5) is 11.2. The van der Waals surface area contributed by atoms with Crippen LogP contribution < -0.4 is 0 Å². The second-order valence-electron chi connectivity index (χ2n) is 4.27. The van der Waals surface area contributed by atoms with Crippen molar-refractivity contribution >= 4 is 5.78 Å². The lowest BCUT2D eigenvalue weighted by molar-refractivity contribution is -0.115. The molecule has 0 radical (unpaired) electrons. The van der Waals surface area contributed by atoms with Crippen LogP contribution in [0.5, 0.6) is 0 Å². The van der Waals surface area contributed by atoms with Gasteiger partial charge in [0.05, 0.1) is 6.61 Å². The highest BCUT2D eigenvalue weighted by Gasteiger charge is 2.28. The zero-order valence-electron chi connectivity index (χ0n) is 9.13. The number of hydrogen-bond acceptors (Lipinski definition) is 3. The van der Waals surface area contributed by atoms with Gasteiger partial charge in [0.25, 0.3) is 0 Å². The van der Waals surface area contributed by atoms with Crippen LogP contribution in [0.15, 0.2) is 11.6 Å².